The number of aliphatic hydroxyl groups excluding tert-OH is 1. The Labute approximate surface area is 71.8 Å². The molecule has 1 aliphatic rings. The SMILES string of the molecule is O=C(O)N1CCC[C@@H](CCO)C1. The van der Waals surface area contributed by atoms with Gasteiger partial charge in [0.2, 0.25) is 0 Å². The molecule has 1 heterocycles. The van der Waals surface area contributed by atoms with Crippen LogP contribution in [0.4, 0.5) is 4.79 Å². The topological polar surface area (TPSA) is 60.8 Å². The number of hydrogen-bond donors (Lipinski definition) is 2. The molecule has 1 rings (SSSR count). The van der Waals surface area contributed by atoms with E-state index < -0.39 is 6.09 Å². The summed E-state index contributed by atoms with van der Waals surface area (Å²) >= 11 is 0. The monoisotopic (exact) mass is 173 g/mol. The summed E-state index contributed by atoms with van der Waals surface area (Å²) in [6, 6.07) is 0. The lowest BCUT2D eigenvalue weighted by molar-refractivity contribution is 0.112. The number of aliphatic hydroxyl groups is 1. The first kappa shape index (κ1) is 9.32. The largest absolute Gasteiger partial charge is 0.465 e. The van der Waals surface area contributed by atoms with Crippen molar-refractivity contribution in [1.29, 1.82) is 0 Å². The molecule has 0 bridgehead atoms. The molecule has 1 saturated heterocycles. The third-order valence-electron chi connectivity index (χ3n) is 2.33. The van der Waals surface area contributed by atoms with Crippen LogP contribution in [0.15, 0.2) is 0 Å². The fourth-order valence-corrected chi connectivity index (χ4v) is 1.66. The van der Waals surface area contributed by atoms with Gasteiger partial charge in [0, 0.05) is 19.7 Å². The fraction of sp³-hybridized carbons (Fsp3) is 0.875. The van der Waals surface area contributed by atoms with E-state index in [0.29, 0.717) is 19.0 Å². The van der Waals surface area contributed by atoms with Crippen molar-refractivity contribution in [2.75, 3.05) is 19.7 Å². The average molecular weight is 173 g/mol. The first-order chi connectivity index (χ1) is 5.74. The van der Waals surface area contributed by atoms with Gasteiger partial charge < -0.3 is 15.1 Å². The van der Waals surface area contributed by atoms with Crippen LogP contribution in [0, 0.1) is 5.92 Å². The van der Waals surface area contributed by atoms with Gasteiger partial charge in [0.15, 0.2) is 0 Å². The molecule has 4 heteroatoms. The van der Waals surface area contributed by atoms with E-state index >= 15 is 0 Å². The highest BCUT2D eigenvalue weighted by Crippen LogP contribution is 2.18. The number of carbonyl (C=O) groups is 1. The zero-order chi connectivity index (χ0) is 8.97. The molecule has 1 atom stereocenters. The van der Waals surface area contributed by atoms with Crippen molar-refractivity contribution in [1.82, 2.24) is 4.90 Å². The molecule has 70 valence electrons. The van der Waals surface area contributed by atoms with Gasteiger partial charge in [-0.15, -0.1) is 0 Å². The molecule has 2 N–H and O–H groups in total. The molecule has 0 spiro atoms. The Balaban J connectivity index is 2.35. The molecule has 0 aromatic heterocycles. The summed E-state index contributed by atoms with van der Waals surface area (Å²) in [6.45, 7) is 1.41. The lowest BCUT2D eigenvalue weighted by Gasteiger charge is -2.30. The molecule has 0 aromatic rings. The van der Waals surface area contributed by atoms with Crippen molar-refractivity contribution >= 4 is 6.09 Å². The van der Waals surface area contributed by atoms with E-state index in [1.165, 1.54) is 4.90 Å². The van der Waals surface area contributed by atoms with Gasteiger partial charge in [-0.1, -0.05) is 0 Å². The highest BCUT2D eigenvalue weighted by atomic mass is 16.4. The lowest BCUT2D eigenvalue weighted by atomic mass is 9.95. The van der Waals surface area contributed by atoms with Gasteiger partial charge >= 0.3 is 6.09 Å². The highest BCUT2D eigenvalue weighted by Gasteiger charge is 2.22. The molecule has 4 nitrogen and oxygen atoms in total. The maximum atomic E-state index is 10.6. The van der Waals surface area contributed by atoms with Gasteiger partial charge in [0.25, 0.3) is 0 Å². The van der Waals surface area contributed by atoms with E-state index in [0.717, 1.165) is 19.3 Å². The Morgan fingerprint density at radius 3 is 2.92 bits per heavy atom. The lowest BCUT2D eigenvalue weighted by Crippen LogP contribution is -2.39. The molecule has 1 amide bonds. The predicted octanol–water partition coefficient (Wildman–Crippen LogP) is 0.759. The summed E-state index contributed by atoms with van der Waals surface area (Å²) in [5.74, 6) is 0.361. The molecule has 1 aliphatic heterocycles. The summed E-state index contributed by atoms with van der Waals surface area (Å²) in [6.07, 6.45) is 1.86. The van der Waals surface area contributed by atoms with Crippen molar-refractivity contribution in [2.45, 2.75) is 19.3 Å². The van der Waals surface area contributed by atoms with Crippen LogP contribution in [-0.2, 0) is 0 Å². The predicted molar refractivity (Wildman–Crippen MR) is 44.0 cm³/mol. The average Bonchev–Trinajstić information content (AvgIpc) is 2.05. The third-order valence-corrected chi connectivity index (χ3v) is 2.33. The van der Waals surface area contributed by atoms with Gasteiger partial charge in [-0.05, 0) is 25.2 Å². The number of nitrogens with zero attached hydrogens (tertiary/aromatic N) is 1. The van der Waals surface area contributed by atoms with Crippen LogP contribution in [-0.4, -0.2) is 40.9 Å². The molecule has 0 aromatic carbocycles. The van der Waals surface area contributed by atoms with Crippen molar-refractivity contribution in [3.05, 3.63) is 0 Å². The van der Waals surface area contributed by atoms with E-state index in [1.807, 2.05) is 0 Å². The van der Waals surface area contributed by atoms with Crippen molar-refractivity contribution in [3.8, 4) is 0 Å². The molecule has 12 heavy (non-hydrogen) atoms. The number of likely N-dealkylation sites (tertiary alicyclic amines) is 1. The van der Waals surface area contributed by atoms with E-state index in [4.69, 9.17) is 10.2 Å². The number of piperidine rings is 1. The molecule has 0 saturated carbocycles. The smallest absolute Gasteiger partial charge is 0.407 e. The third kappa shape index (κ3) is 2.37. The first-order valence-electron chi connectivity index (χ1n) is 4.32. The molecular formula is C8H15NO3. The minimum atomic E-state index is -0.836. The van der Waals surface area contributed by atoms with Crippen molar-refractivity contribution in [2.24, 2.45) is 5.92 Å². The molecular weight excluding hydrogens is 158 g/mol. The van der Waals surface area contributed by atoms with Gasteiger partial charge in [0.1, 0.15) is 0 Å². The zero-order valence-electron chi connectivity index (χ0n) is 7.07. The molecule has 0 radical (unpaired) electrons. The number of carboxylic acid groups (broad SMARTS) is 1. The summed E-state index contributed by atoms with van der Waals surface area (Å²) in [5, 5.41) is 17.4. The van der Waals surface area contributed by atoms with E-state index in [2.05, 4.69) is 0 Å². The Kier molecular flexibility index (Phi) is 3.34. The number of amides is 1. The summed E-state index contributed by atoms with van der Waals surface area (Å²) in [7, 11) is 0. The maximum Gasteiger partial charge on any atom is 0.407 e. The Morgan fingerprint density at radius 2 is 2.33 bits per heavy atom. The molecule has 0 aliphatic carbocycles. The van der Waals surface area contributed by atoms with Crippen LogP contribution in [0.25, 0.3) is 0 Å². The van der Waals surface area contributed by atoms with Crippen LogP contribution in [0.3, 0.4) is 0 Å². The van der Waals surface area contributed by atoms with Gasteiger partial charge in [-0.25, -0.2) is 4.79 Å². The van der Waals surface area contributed by atoms with Crippen LogP contribution < -0.4 is 0 Å². The second-order valence-corrected chi connectivity index (χ2v) is 3.25. The van der Waals surface area contributed by atoms with E-state index in [9.17, 15) is 4.79 Å². The molecule has 0 unspecified atom stereocenters. The normalized spacial score (nSPS) is 24.1. The maximum absolute atomic E-state index is 10.6. The van der Waals surface area contributed by atoms with Gasteiger partial charge in [-0.3, -0.25) is 0 Å². The fourth-order valence-electron chi connectivity index (χ4n) is 1.66. The Morgan fingerprint density at radius 1 is 1.58 bits per heavy atom. The summed E-state index contributed by atoms with van der Waals surface area (Å²) in [4.78, 5) is 12.0. The van der Waals surface area contributed by atoms with Crippen LogP contribution in [0.5, 0.6) is 0 Å². The molecule has 1 fully saturated rings. The minimum Gasteiger partial charge on any atom is -0.465 e. The number of rotatable bonds is 2. The summed E-state index contributed by atoms with van der Waals surface area (Å²) < 4.78 is 0. The van der Waals surface area contributed by atoms with E-state index in [1.54, 1.807) is 0 Å². The Hall–Kier alpha value is -0.770. The first-order valence-corrected chi connectivity index (χ1v) is 4.32. The van der Waals surface area contributed by atoms with Crippen molar-refractivity contribution < 1.29 is 15.0 Å². The van der Waals surface area contributed by atoms with Crippen LogP contribution in [0.2, 0.25) is 0 Å². The Bertz CT molecular complexity index is 158. The quantitative estimate of drug-likeness (QED) is 0.648. The standard InChI is InChI=1S/C8H15NO3/c10-5-3-7-2-1-4-9(6-7)8(11)12/h7,10H,1-6H2,(H,11,12)/t7-/m0/s1. The van der Waals surface area contributed by atoms with Crippen molar-refractivity contribution in [3.63, 3.8) is 0 Å². The van der Waals surface area contributed by atoms with Gasteiger partial charge in [-0.2, -0.15) is 0 Å². The van der Waals surface area contributed by atoms with Crippen LogP contribution >= 0.6 is 0 Å². The zero-order valence-corrected chi connectivity index (χ0v) is 7.07. The minimum absolute atomic E-state index is 0.165. The van der Waals surface area contributed by atoms with E-state index in [-0.39, 0.29) is 6.61 Å². The number of hydrogen-bond acceptors (Lipinski definition) is 2. The van der Waals surface area contributed by atoms with Crippen LogP contribution in [0.1, 0.15) is 19.3 Å². The van der Waals surface area contributed by atoms with Gasteiger partial charge in [0.05, 0.1) is 0 Å². The second-order valence-electron chi connectivity index (χ2n) is 3.25. The second kappa shape index (κ2) is 4.30. The highest BCUT2D eigenvalue weighted by molar-refractivity contribution is 5.65. The summed E-state index contributed by atoms with van der Waals surface area (Å²) in [5.41, 5.74) is 0.